The molecule has 0 spiro atoms. The van der Waals surface area contributed by atoms with Crippen LogP contribution < -0.4 is 0 Å². The summed E-state index contributed by atoms with van der Waals surface area (Å²) in [4.78, 5) is 20.9. The zero-order valence-electron chi connectivity index (χ0n) is 13.9. The molecule has 0 radical (unpaired) electrons. The van der Waals surface area contributed by atoms with Crippen molar-refractivity contribution in [1.82, 2.24) is 14.9 Å². The van der Waals surface area contributed by atoms with Gasteiger partial charge in [-0.3, -0.25) is 0 Å². The van der Waals surface area contributed by atoms with Crippen LogP contribution >= 0.6 is 11.6 Å². The zero-order chi connectivity index (χ0) is 17.8. The minimum atomic E-state index is -0.956. The highest BCUT2D eigenvalue weighted by atomic mass is 35.5. The quantitative estimate of drug-likeness (QED) is 0.773. The van der Waals surface area contributed by atoms with Crippen molar-refractivity contribution in [2.45, 2.75) is 38.3 Å². The maximum atomic E-state index is 14.3. The highest BCUT2D eigenvalue weighted by Crippen LogP contribution is 2.26. The molecular formula is C18H21ClFN3O2. The van der Waals surface area contributed by atoms with E-state index in [2.05, 4.69) is 9.97 Å². The number of rotatable bonds is 6. The SMILES string of the molecule is O=C(O)N1CC[C@@H](C(F)CCCCc2cc(Cl)c3cccnc3n2)C1. The van der Waals surface area contributed by atoms with Crippen molar-refractivity contribution in [2.24, 2.45) is 5.92 Å². The van der Waals surface area contributed by atoms with Gasteiger partial charge in [-0.1, -0.05) is 18.0 Å². The second kappa shape index (κ2) is 7.95. The van der Waals surface area contributed by atoms with E-state index in [1.807, 2.05) is 18.2 Å². The molecule has 1 unspecified atom stereocenters. The molecule has 134 valence electrons. The lowest BCUT2D eigenvalue weighted by atomic mass is 9.97. The molecule has 2 aromatic heterocycles. The lowest BCUT2D eigenvalue weighted by molar-refractivity contribution is 0.148. The van der Waals surface area contributed by atoms with Crippen LogP contribution in [0.25, 0.3) is 11.0 Å². The van der Waals surface area contributed by atoms with Crippen molar-refractivity contribution in [2.75, 3.05) is 13.1 Å². The molecule has 7 heteroatoms. The summed E-state index contributed by atoms with van der Waals surface area (Å²) >= 11 is 6.26. The van der Waals surface area contributed by atoms with Gasteiger partial charge in [-0.15, -0.1) is 0 Å². The van der Waals surface area contributed by atoms with Gasteiger partial charge in [0.25, 0.3) is 0 Å². The normalized spacial score (nSPS) is 18.6. The molecule has 1 fully saturated rings. The number of hydrogen-bond donors (Lipinski definition) is 1. The average Bonchev–Trinajstić information content (AvgIpc) is 3.09. The van der Waals surface area contributed by atoms with Crippen LogP contribution in [0.2, 0.25) is 5.02 Å². The highest BCUT2D eigenvalue weighted by Gasteiger charge is 2.31. The van der Waals surface area contributed by atoms with Gasteiger partial charge in [-0.25, -0.2) is 19.2 Å². The molecule has 3 rings (SSSR count). The van der Waals surface area contributed by atoms with Gasteiger partial charge in [0.05, 0.1) is 5.02 Å². The number of unbranched alkanes of at least 4 members (excludes halogenated alkanes) is 1. The third kappa shape index (κ3) is 4.37. The van der Waals surface area contributed by atoms with Crippen molar-refractivity contribution >= 4 is 28.7 Å². The number of fused-ring (bicyclic) bond motifs is 1. The van der Waals surface area contributed by atoms with Gasteiger partial charge >= 0.3 is 6.09 Å². The third-order valence-corrected chi connectivity index (χ3v) is 5.07. The number of aromatic nitrogens is 2. The molecule has 3 heterocycles. The fraction of sp³-hybridized carbons (Fsp3) is 0.500. The van der Waals surface area contributed by atoms with Gasteiger partial charge in [-0.2, -0.15) is 0 Å². The van der Waals surface area contributed by atoms with Crippen molar-refractivity contribution in [1.29, 1.82) is 0 Å². The molecule has 2 atom stereocenters. The predicted molar refractivity (Wildman–Crippen MR) is 94.7 cm³/mol. The Kier molecular flexibility index (Phi) is 5.68. The van der Waals surface area contributed by atoms with E-state index in [1.54, 1.807) is 6.20 Å². The van der Waals surface area contributed by atoms with E-state index in [0.717, 1.165) is 30.3 Å². The molecular weight excluding hydrogens is 345 g/mol. The standard InChI is InChI=1S/C18H21ClFN3O2/c19-15-10-13(22-17-14(15)5-3-8-21-17)4-1-2-6-16(20)12-7-9-23(11-12)18(24)25/h3,5,8,10,12,16H,1-2,4,6-7,9,11H2,(H,24,25)/t12-,16?/m1/s1. The average molecular weight is 366 g/mol. The molecule has 0 aliphatic carbocycles. The van der Waals surface area contributed by atoms with Crippen LogP contribution in [0.15, 0.2) is 24.4 Å². The van der Waals surface area contributed by atoms with Crippen molar-refractivity contribution < 1.29 is 14.3 Å². The smallest absolute Gasteiger partial charge is 0.407 e. The Bertz CT molecular complexity index is 758. The number of nitrogens with zero attached hydrogens (tertiary/aromatic N) is 3. The molecule has 1 aliphatic heterocycles. The minimum Gasteiger partial charge on any atom is -0.465 e. The van der Waals surface area contributed by atoms with Gasteiger partial charge in [0, 0.05) is 36.3 Å². The molecule has 0 aromatic carbocycles. The van der Waals surface area contributed by atoms with Crippen molar-refractivity contribution in [3.05, 3.63) is 35.1 Å². The summed E-state index contributed by atoms with van der Waals surface area (Å²) in [7, 11) is 0. The monoisotopic (exact) mass is 365 g/mol. The Morgan fingerprint density at radius 2 is 2.32 bits per heavy atom. The van der Waals surface area contributed by atoms with E-state index < -0.39 is 12.3 Å². The number of amides is 1. The zero-order valence-corrected chi connectivity index (χ0v) is 14.6. The van der Waals surface area contributed by atoms with Gasteiger partial charge in [0.15, 0.2) is 5.65 Å². The molecule has 25 heavy (non-hydrogen) atoms. The lowest BCUT2D eigenvalue weighted by Crippen LogP contribution is -2.28. The van der Waals surface area contributed by atoms with Crippen LogP contribution in [0.5, 0.6) is 0 Å². The fourth-order valence-corrected chi connectivity index (χ4v) is 3.60. The first kappa shape index (κ1) is 17.9. The third-order valence-electron chi connectivity index (χ3n) is 4.76. The molecule has 1 amide bonds. The van der Waals surface area contributed by atoms with E-state index >= 15 is 0 Å². The highest BCUT2D eigenvalue weighted by molar-refractivity contribution is 6.35. The van der Waals surface area contributed by atoms with E-state index in [4.69, 9.17) is 16.7 Å². The number of halogens is 2. The van der Waals surface area contributed by atoms with Crippen molar-refractivity contribution in [3.8, 4) is 0 Å². The fourth-order valence-electron chi connectivity index (χ4n) is 3.33. The van der Waals surface area contributed by atoms with Crippen LogP contribution in [0, 0.1) is 5.92 Å². The summed E-state index contributed by atoms with van der Waals surface area (Å²) in [6.07, 6.45) is 3.14. The number of carbonyl (C=O) groups is 1. The molecule has 0 saturated carbocycles. The van der Waals surface area contributed by atoms with Crippen LogP contribution in [-0.4, -0.2) is 45.3 Å². The molecule has 5 nitrogen and oxygen atoms in total. The predicted octanol–water partition coefficient (Wildman–Crippen LogP) is 4.33. The Morgan fingerprint density at radius 1 is 1.48 bits per heavy atom. The summed E-state index contributed by atoms with van der Waals surface area (Å²) in [6, 6.07) is 5.56. The maximum absolute atomic E-state index is 14.3. The van der Waals surface area contributed by atoms with E-state index in [-0.39, 0.29) is 5.92 Å². The number of pyridine rings is 2. The summed E-state index contributed by atoms with van der Waals surface area (Å²) in [5.41, 5.74) is 1.50. The topological polar surface area (TPSA) is 66.3 Å². The van der Waals surface area contributed by atoms with Crippen LogP contribution in [0.1, 0.15) is 31.4 Å². The summed E-state index contributed by atoms with van der Waals surface area (Å²) in [6.45, 7) is 0.747. The van der Waals surface area contributed by atoms with Gasteiger partial charge in [0.2, 0.25) is 0 Å². The molecule has 2 aromatic rings. The lowest BCUT2D eigenvalue weighted by Gasteiger charge is -2.16. The van der Waals surface area contributed by atoms with E-state index in [0.29, 0.717) is 36.6 Å². The first-order chi connectivity index (χ1) is 12.0. The number of alkyl halides is 1. The first-order valence-electron chi connectivity index (χ1n) is 8.56. The first-order valence-corrected chi connectivity index (χ1v) is 8.94. The second-order valence-corrected chi connectivity index (χ2v) is 6.92. The van der Waals surface area contributed by atoms with E-state index in [1.165, 1.54) is 4.90 Å². The maximum Gasteiger partial charge on any atom is 0.407 e. The Morgan fingerprint density at radius 3 is 3.08 bits per heavy atom. The van der Waals surface area contributed by atoms with Crippen LogP contribution in [0.3, 0.4) is 0 Å². The Hall–Kier alpha value is -1.95. The Labute approximate surface area is 150 Å². The number of hydrogen-bond acceptors (Lipinski definition) is 3. The number of carboxylic acid groups (broad SMARTS) is 1. The second-order valence-electron chi connectivity index (χ2n) is 6.51. The minimum absolute atomic E-state index is 0.173. The number of likely N-dealkylation sites (tertiary alicyclic amines) is 1. The largest absolute Gasteiger partial charge is 0.465 e. The van der Waals surface area contributed by atoms with Gasteiger partial charge in [-0.05, 0) is 43.9 Å². The summed E-state index contributed by atoms with van der Waals surface area (Å²) in [5.74, 6) is -0.173. The Balaban J connectivity index is 1.46. The van der Waals surface area contributed by atoms with Crippen LogP contribution in [-0.2, 0) is 6.42 Å². The number of aryl methyl sites for hydroxylation is 1. The summed E-state index contributed by atoms with van der Waals surface area (Å²) in [5, 5.41) is 10.4. The summed E-state index contributed by atoms with van der Waals surface area (Å²) < 4.78 is 14.3. The van der Waals surface area contributed by atoms with Crippen molar-refractivity contribution in [3.63, 3.8) is 0 Å². The molecule has 1 aliphatic rings. The van der Waals surface area contributed by atoms with Crippen LogP contribution in [0.4, 0.5) is 9.18 Å². The molecule has 1 saturated heterocycles. The molecule has 0 bridgehead atoms. The van der Waals surface area contributed by atoms with E-state index in [9.17, 15) is 9.18 Å². The van der Waals surface area contributed by atoms with Gasteiger partial charge in [0.1, 0.15) is 6.17 Å². The molecule has 1 N–H and O–H groups in total. The van der Waals surface area contributed by atoms with Gasteiger partial charge < -0.3 is 10.0 Å².